The minimum Gasteiger partial charge on any atom is -0.497 e. The highest BCUT2D eigenvalue weighted by molar-refractivity contribution is 5.62. The van der Waals surface area contributed by atoms with Crippen LogP contribution in [0.5, 0.6) is 11.5 Å². The van der Waals surface area contributed by atoms with Gasteiger partial charge in [-0.1, -0.05) is 18.2 Å². The molecule has 1 saturated heterocycles. The summed E-state index contributed by atoms with van der Waals surface area (Å²) in [6, 6.07) is 17.6. The summed E-state index contributed by atoms with van der Waals surface area (Å²) in [6.45, 7) is 6.33. The highest BCUT2D eigenvalue weighted by atomic mass is 16.5. The van der Waals surface area contributed by atoms with E-state index in [1.807, 2.05) is 35.3 Å². The molecule has 1 aromatic heterocycles. The van der Waals surface area contributed by atoms with E-state index in [0.717, 1.165) is 80.2 Å². The number of methoxy groups -OCH3 is 2. The van der Waals surface area contributed by atoms with Gasteiger partial charge in [-0.3, -0.25) is 4.68 Å². The molecule has 0 saturated carbocycles. The number of nitrogens with one attached hydrogen (secondary N) is 1. The number of benzene rings is 2. The highest BCUT2D eigenvalue weighted by Gasteiger charge is 2.28. The van der Waals surface area contributed by atoms with Crippen LogP contribution in [0.15, 0.2) is 60.9 Å². The van der Waals surface area contributed by atoms with Crippen molar-refractivity contribution in [3.8, 4) is 11.5 Å². The normalized spacial score (nSPS) is 20.6. The molecule has 8 nitrogen and oxygen atoms in total. The fraction of sp³-hybridized carbons (Fsp3) is 0.516. The van der Waals surface area contributed by atoms with Gasteiger partial charge in [0.05, 0.1) is 31.5 Å². The Hall–Kier alpha value is -3.07. The SMILES string of the molecule is COCCCN1CCOc2ccc(C(O[C@@H]3CC[C@H](CC(C)n4cccn4)NC3)c3ccc(OC)cc3)cc21. The summed E-state index contributed by atoms with van der Waals surface area (Å²) in [6.07, 6.45) is 7.96. The van der Waals surface area contributed by atoms with Gasteiger partial charge in [-0.05, 0) is 74.1 Å². The van der Waals surface area contributed by atoms with Crippen LogP contribution in [0.2, 0.25) is 0 Å². The largest absolute Gasteiger partial charge is 0.497 e. The van der Waals surface area contributed by atoms with Crippen LogP contribution >= 0.6 is 0 Å². The first-order valence-corrected chi connectivity index (χ1v) is 14.2. The second-order valence-corrected chi connectivity index (χ2v) is 10.6. The number of hydrogen-bond donors (Lipinski definition) is 1. The van der Waals surface area contributed by atoms with Gasteiger partial charge in [-0.25, -0.2) is 0 Å². The average molecular weight is 535 g/mol. The Morgan fingerprint density at radius 1 is 1.10 bits per heavy atom. The second-order valence-electron chi connectivity index (χ2n) is 10.6. The fourth-order valence-electron chi connectivity index (χ4n) is 5.67. The van der Waals surface area contributed by atoms with E-state index in [1.165, 1.54) is 0 Å². The molecule has 2 aromatic carbocycles. The summed E-state index contributed by atoms with van der Waals surface area (Å²) in [4.78, 5) is 2.40. The lowest BCUT2D eigenvalue weighted by molar-refractivity contribution is -0.0112. The van der Waals surface area contributed by atoms with Gasteiger partial charge in [-0.15, -0.1) is 0 Å². The zero-order valence-electron chi connectivity index (χ0n) is 23.4. The first kappa shape index (κ1) is 27.5. The van der Waals surface area contributed by atoms with Gasteiger partial charge in [0.15, 0.2) is 0 Å². The molecule has 210 valence electrons. The third kappa shape index (κ3) is 6.93. The Kier molecular flexibility index (Phi) is 9.40. The molecule has 0 aliphatic carbocycles. The number of aromatic nitrogens is 2. The molecule has 1 N–H and O–H groups in total. The van der Waals surface area contributed by atoms with Crippen molar-refractivity contribution < 1.29 is 18.9 Å². The molecule has 39 heavy (non-hydrogen) atoms. The molecular weight excluding hydrogens is 492 g/mol. The maximum absolute atomic E-state index is 6.89. The van der Waals surface area contributed by atoms with E-state index in [1.54, 1.807) is 14.2 Å². The van der Waals surface area contributed by atoms with E-state index >= 15 is 0 Å². The third-order valence-corrected chi connectivity index (χ3v) is 7.84. The number of anilines is 1. The Labute approximate surface area is 232 Å². The summed E-state index contributed by atoms with van der Waals surface area (Å²) in [5, 5.41) is 8.16. The maximum atomic E-state index is 6.89. The molecule has 5 rings (SSSR count). The lowest BCUT2D eigenvalue weighted by Gasteiger charge is -2.35. The molecule has 0 radical (unpaired) electrons. The van der Waals surface area contributed by atoms with Crippen LogP contribution in [0.1, 0.15) is 55.9 Å². The van der Waals surface area contributed by atoms with E-state index in [-0.39, 0.29) is 12.2 Å². The quantitative estimate of drug-likeness (QED) is 0.328. The van der Waals surface area contributed by atoms with Crippen molar-refractivity contribution >= 4 is 5.69 Å². The number of nitrogens with zero attached hydrogens (tertiary/aromatic N) is 3. The number of fused-ring (bicyclic) bond motifs is 1. The molecule has 0 spiro atoms. The topological polar surface area (TPSA) is 70.0 Å². The van der Waals surface area contributed by atoms with Crippen molar-refractivity contribution in [1.29, 1.82) is 0 Å². The molecule has 3 heterocycles. The van der Waals surface area contributed by atoms with Gasteiger partial charge < -0.3 is 29.2 Å². The molecule has 8 heteroatoms. The molecule has 3 aromatic rings. The highest BCUT2D eigenvalue weighted by Crippen LogP contribution is 2.38. The van der Waals surface area contributed by atoms with E-state index in [0.29, 0.717) is 18.7 Å². The number of rotatable bonds is 12. The molecule has 0 amide bonds. The predicted molar refractivity (Wildman–Crippen MR) is 153 cm³/mol. The minimum absolute atomic E-state index is 0.124. The summed E-state index contributed by atoms with van der Waals surface area (Å²) >= 11 is 0. The first-order valence-electron chi connectivity index (χ1n) is 14.2. The van der Waals surface area contributed by atoms with Crippen molar-refractivity contribution in [2.24, 2.45) is 0 Å². The van der Waals surface area contributed by atoms with Crippen LogP contribution in [0.3, 0.4) is 0 Å². The average Bonchev–Trinajstić information content (AvgIpc) is 3.53. The van der Waals surface area contributed by atoms with Gasteiger partial charge in [0, 0.05) is 45.2 Å². The third-order valence-electron chi connectivity index (χ3n) is 7.84. The van der Waals surface area contributed by atoms with Crippen molar-refractivity contribution in [3.63, 3.8) is 0 Å². The summed E-state index contributed by atoms with van der Waals surface area (Å²) in [7, 11) is 3.45. The Bertz CT molecular complexity index is 1150. The molecule has 2 aliphatic rings. The lowest BCUT2D eigenvalue weighted by Crippen LogP contribution is -2.44. The van der Waals surface area contributed by atoms with E-state index in [9.17, 15) is 0 Å². The molecule has 2 unspecified atom stereocenters. The van der Waals surface area contributed by atoms with Gasteiger partial charge in [0.1, 0.15) is 24.2 Å². The second kappa shape index (κ2) is 13.3. The molecule has 2 aliphatic heterocycles. The summed E-state index contributed by atoms with van der Waals surface area (Å²) < 4.78 is 25.6. The smallest absolute Gasteiger partial charge is 0.142 e. The van der Waals surface area contributed by atoms with Gasteiger partial charge in [0.25, 0.3) is 0 Å². The summed E-state index contributed by atoms with van der Waals surface area (Å²) in [5.74, 6) is 1.78. The Morgan fingerprint density at radius 2 is 1.95 bits per heavy atom. The molecule has 4 atom stereocenters. The zero-order valence-corrected chi connectivity index (χ0v) is 23.4. The number of piperidine rings is 1. The molecule has 0 bridgehead atoms. The molecular formula is C31H42N4O4. The first-order chi connectivity index (χ1) is 19.1. The standard InChI is InChI=1S/C31H42N4O4/c1-23(35-16-4-14-33-35)20-26-9-12-28(22-32-26)39-31(24-6-10-27(37-3)11-7-24)25-8-13-30-29(21-25)34(17-19-38-30)15-5-18-36-2/h4,6-8,10-11,13-14,16,21,23,26,28,31-32H,5,9,12,15,17-20,22H2,1-3H3/t23?,26-,28-,31?/m1/s1. The van der Waals surface area contributed by atoms with Crippen LogP contribution in [0.25, 0.3) is 0 Å². The van der Waals surface area contributed by atoms with Gasteiger partial charge in [-0.2, -0.15) is 5.10 Å². The fourth-order valence-corrected chi connectivity index (χ4v) is 5.67. The van der Waals surface area contributed by atoms with E-state index in [2.05, 4.69) is 52.6 Å². The monoisotopic (exact) mass is 534 g/mol. The van der Waals surface area contributed by atoms with Gasteiger partial charge in [0.2, 0.25) is 0 Å². The van der Waals surface area contributed by atoms with Gasteiger partial charge >= 0.3 is 0 Å². The van der Waals surface area contributed by atoms with Crippen molar-refractivity contribution in [1.82, 2.24) is 15.1 Å². The number of ether oxygens (including phenoxy) is 4. The van der Waals surface area contributed by atoms with Crippen molar-refractivity contribution in [2.75, 3.05) is 52.0 Å². The van der Waals surface area contributed by atoms with Crippen LogP contribution in [-0.2, 0) is 9.47 Å². The molecule has 1 fully saturated rings. The zero-order chi connectivity index (χ0) is 27.0. The van der Waals surface area contributed by atoms with Crippen LogP contribution in [0, 0.1) is 0 Å². The predicted octanol–water partition coefficient (Wildman–Crippen LogP) is 5.00. The van der Waals surface area contributed by atoms with Crippen molar-refractivity contribution in [2.45, 2.75) is 56.9 Å². The van der Waals surface area contributed by atoms with E-state index in [4.69, 9.17) is 18.9 Å². The van der Waals surface area contributed by atoms with E-state index < -0.39 is 0 Å². The van der Waals surface area contributed by atoms with Crippen LogP contribution in [-0.4, -0.2) is 69.0 Å². The van der Waals surface area contributed by atoms with Crippen LogP contribution < -0.4 is 19.7 Å². The number of hydrogen-bond acceptors (Lipinski definition) is 7. The lowest BCUT2D eigenvalue weighted by atomic mass is 9.96. The van der Waals surface area contributed by atoms with Crippen molar-refractivity contribution in [3.05, 3.63) is 72.1 Å². The maximum Gasteiger partial charge on any atom is 0.142 e. The Morgan fingerprint density at radius 3 is 2.67 bits per heavy atom. The minimum atomic E-state index is -0.185. The summed E-state index contributed by atoms with van der Waals surface area (Å²) in [5.41, 5.74) is 3.38. The van der Waals surface area contributed by atoms with Crippen LogP contribution in [0.4, 0.5) is 5.69 Å². The Balaban J connectivity index is 1.31.